The average Bonchev–Trinajstić information content (AvgIpc) is 3.09. The number of methoxy groups -OCH3 is 2. The van der Waals surface area contributed by atoms with Crippen LogP contribution in [0.2, 0.25) is 0 Å². The highest BCUT2D eigenvalue weighted by atomic mass is 16.5. The molecule has 0 saturated heterocycles. The predicted octanol–water partition coefficient (Wildman–Crippen LogP) is 2.73. The van der Waals surface area contributed by atoms with E-state index in [4.69, 9.17) is 14.2 Å². The number of carbonyl (C=O) groups excluding carboxylic acids is 1. The number of rotatable bonds is 9. The molecule has 2 aromatic carbocycles. The fourth-order valence-electron chi connectivity index (χ4n) is 4.28. The third kappa shape index (κ3) is 4.15. The van der Waals surface area contributed by atoms with Gasteiger partial charge in [-0.15, -0.1) is 0 Å². The fraction of sp³-hybridized carbons (Fsp3) is 0.385. The molecule has 0 amide bonds. The lowest BCUT2D eigenvalue weighted by molar-refractivity contribution is 0.104. The summed E-state index contributed by atoms with van der Waals surface area (Å²) in [6.45, 7) is 2.38. The molecule has 4 rings (SSSR count). The zero-order chi connectivity index (χ0) is 24.6. The molecule has 0 N–H and O–H groups in total. The summed E-state index contributed by atoms with van der Waals surface area (Å²) < 4.78 is 18.5. The number of aromatic nitrogens is 1. The van der Waals surface area contributed by atoms with E-state index in [1.807, 2.05) is 50.1 Å². The van der Waals surface area contributed by atoms with Gasteiger partial charge in [-0.05, 0) is 58.5 Å². The second kappa shape index (κ2) is 9.48. The summed E-state index contributed by atoms with van der Waals surface area (Å²) in [4.78, 5) is 31.4. The van der Waals surface area contributed by atoms with E-state index < -0.39 is 0 Å². The lowest BCUT2D eigenvalue weighted by Gasteiger charge is -2.18. The molecule has 8 nitrogen and oxygen atoms in total. The quantitative estimate of drug-likeness (QED) is 0.376. The molecular formula is C26H31N3O5. The van der Waals surface area contributed by atoms with Crippen molar-refractivity contribution < 1.29 is 19.0 Å². The number of benzene rings is 2. The molecule has 0 radical (unpaired) electrons. The van der Waals surface area contributed by atoms with Crippen molar-refractivity contribution in [3.05, 3.63) is 51.8 Å². The first-order valence-electron chi connectivity index (χ1n) is 11.2. The van der Waals surface area contributed by atoms with Gasteiger partial charge in [-0.1, -0.05) is 0 Å². The van der Waals surface area contributed by atoms with Crippen LogP contribution in [0.25, 0.3) is 22.0 Å². The Hall–Kier alpha value is -3.36. The Morgan fingerprint density at radius 3 is 2.09 bits per heavy atom. The minimum absolute atomic E-state index is 0.110. The Morgan fingerprint density at radius 1 is 0.824 bits per heavy atom. The van der Waals surface area contributed by atoms with Gasteiger partial charge in [0.15, 0.2) is 17.3 Å². The first kappa shape index (κ1) is 23.8. The molecular weight excluding hydrogens is 434 g/mol. The van der Waals surface area contributed by atoms with Crippen molar-refractivity contribution in [1.82, 2.24) is 14.4 Å². The Bertz CT molecular complexity index is 1310. The van der Waals surface area contributed by atoms with Crippen molar-refractivity contribution >= 4 is 16.6 Å². The molecule has 34 heavy (non-hydrogen) atoms. The summed E-state index contributed by atoms with van der Waals surface area (Å²) in [5.74, 6) is 1.48. The highest BCUT2D eigenvalue weighted by Crippen LogP contribution is 2.43. The number of nitrogens with zero attached hydrogens (tertiary/aromatic N) is 3. The molecule has 180 valence electrons. The van der Waals surface area contributed by atoms with Crippen LogP contribution in [-0.2, 0) is 6.54 Å². The smallest absolute Gasteiger partial charge is 0.259 e. The van der Waals surface area contributed by atoms with Crippen LogP contribution in [0.4, 0.5) is 0 Å². The molecule has 3 aromatic rings. The predicted molar refractivity (Wildman–Crippen MR) is 133 cm³/mol. The second-order valence-electron chi connectivity index (χ2n) is 8.92. The van der Waals surface area contributed by atoms with Gasteiger partial charge >= 0.3 is 0 Å². The van der Waals surface area contributed by atoms with Crippen molar-refractivity contribution in [2.75, 3.05) is 62.1 Å². The molecule has 1 aliphatic rings. The summed E-state index contributed by atoms with van der Waals surface area (Å²) in [5, 5.41) is 0.994. The largest absolute Gasteiger partial charge is 0.493 e. The molecule has 1 aromatic heterocycles. The maximum Gasteiger partial charge on any atom is 0.259 e. The molecule has 0 unspecified atom stereocenters. The number of ether oxygens (including phenoxy) is 3. The topological polar surface area (TPSA) is 73.2 Å². The summed E-state index contributed by atoms with van der Waals surface area (Å²) >= 11 is 0. The Labute approximate surface area is 199 Å². The van der Waals surface area contributed by atoms with Crippen LogP contribution in [0.1, 0.15) is 15.9 Å². The standard InChI is InChI=1S/C26H31N3O5/c1-27(2)9-10-29-24-19-13-16(34-12-11-28(3)4)7-8-17(19)25(30)23(24)18-14-21(32-5)22(33-6)15-20(18)26(29)31/h7-8,13-15H,9-12H2,1-6H3. The maximum absolute atomic E-state index is 13.7. The monoisotopic (exact) mass is 465 g/mol. The molecule has 1 aliphatic carbocycles. The summed E-state index contributed by atoms with van der Waals surface area (Å²) in [6, 6.07) is 8.85. The van der Waals surface area contributed by atoms with Gasteiger partial charge in [-0.2, -0.15) is 0 Å². The molecule has 8 heteroatoms. The van der Waals surface area contributed by atoms with Crippen LogP contribution >= 0.6 is 0 Å². The minimum atomic E-state index is -0.170. The van der Waals surface area contributed by atoms with E-state index >= 15 is 0 Å². The Kier molecular flexibility index (Phi) is 6.63. The molecule has 0 bridgehead atoms. The van der Waals surface area contributed by atoms with Crippen molar-refractivity contribution in [1.29, 1.82) is 0 Å². The SMILES string of the molecule is COc1cc2c3c(n(CCN(C)C)c(=O)c2cc1OC)-c1cc(OCCN(C)C)ccc1C3=O. The Morgan fingerprint density at radius 2 is 1.47 bits per heavy atom. The van der Waals surface area contributed by atoms with Gasteiger partial charge in [-0.25, -0.2) is 0 Å². The van der Waals surface area contributed by atoms with Gasteiger partial charge in [0, 0.05) is 36.1 Å². The normalized spacial score (nSPS) is 12.4. The fourth-order valence-corrected chi connectivity index (χ4v) is 4.28. The van der Waals surface area contributed by atoms with E-state index in [1.54, 1.807) is 22.8 Å². The van der Waals surface area contributed by atoms with Gasteiger partial charge in [-0.3, -0.25) is 9.59 Å². The molecule has 1 heterocycles. The van der Waals surface area contributed by atoms with Crippen molar-refractivity contribution in [3.8, 4) is 28.5 Å². The van der Waals surface area contributed by atoms with Gasteiger partial charge in [0.1, 0.15) is 12.4 Å². The summed E-state index contributed by atoms with van der Waals surface area (Å²) in [7, 11) is 10.9. The second-order valence-corrected chi connectivity index (χ2v) is 8.92. The van der Waals surface area contributed by atoms with Crippen LogP contribution in [0, 0.1) is 0 Å². The van der Waals surface area contributed by atoms with Crippen LogP contribution in [0.15, 0.2) is 35.1 Å². The number of fused-ring (bicyclic) bond motifs is 5. The van der Waals surface area contributed by atoms with Crippen LogP contribution in [0.3, 0.4) is 0 Å². The third-order valence-corrected chi connectivity index (χ3v) is 6.07. The minimum Gasteiger partial charge on any atom is -0.493 e. The number of hydrogen-bond acceptors (Lipinski definition) is 7. The van der Waals surface area contributed by atoms with Crippen LogP contribution in [0.5, 0.6) is 17.2 Å². The highest BCUT2D eigenvalue weighted by molar-refractivity contribution is 6.27. The van der Waals surface area contributed by atoms with Crippen molar-refractivity contribution in [2.45, 2.75) is 6.54 Å². The first-order chi connectivity index (χ1) is 16.3. The number of ketones is 1. The lowest BCUT2D eigenvalue weighted by Crippen LogP contribution is -2.28. The number of pyridine rings is 1. The number of likely N-dealkylation sites (N-methyl/N-ethyl adjacent to an activating group) is 2. The van der Waals surface area contributed by atoms with E-state index in [9.17, 15) is 9.59 Å². The van der Waals surface area contributed by atoms with Crippen molar-refractivity contribution in [2.24, 2.45) is 0 Å². The van der Waals surface area contributed by atoms with Gasteiger partial charge in [0.25, 0.3) is 5.56 Å². The number of carbonyl (C=O) groups is 1. The maximum atomic E-state index is 13.7. The summed E-state index contributed by atoms with van der Waals surface area (Å²) in [6.07, 6.45) is 0. The van der Waals surface area contributed by atoms with E-state index in [-0.39, 0.29) is 11.3 Å². The van der Waals surface area contributed by atoms with E-state index in [0.717, 1.165) is 12.1 Å². The van der Waals surface area contributed by atoms with Gasteiger partial charge in [0.05, 0.1) is 30.9 Å². The van der Waals surface area contributed by atoms with Crippen LogP contribution < -0.4 is 19.8 Å². The van der Waals surface area contributed by atoms with Crippen LogP contribution in [-0.4, -0.2) is 82.3 Å². The zero-order valence-corrected chi connectivity index (χ0v) is 20.6. The molecule has 0 atom stereocenters. The van der Waals surface area contributed by atoms with Gasteiger partial charge in [0.2, 0.25) is 0 Å². The Balaban J connectivity index is 1.96. The van der Waals surface area contributed by atoms with E-state index in [0.29, 0.717) is 64.5 Å². The molecule has 0 spiro atoms. The first-order valence-corrected chi connectivity index (χ1v) is 11.2. The zero-order valence-electron chi connectivity index (χ0n) is 20.6. The average molecular weight is 466 g/mol. The van der Waals surface area contributed by atoms with E-state index in [1.165, 1.54) is 14.2 Å². The third-order valence-electron chi connectivity index (χ3n) is 6.07. The molecule has 0 aliphatic heterocycles. The molecule has 0 saturated carbocycles. The number of hydrogen-bond donors (Lipinski definition) is 0. The summed E-state index contributed by atoms with van der Waals surface area (Å²) in [5.41, 5.74) is 2.25. The lowest BCUT2D eigenvalue weighted by atomic mass is 10.0. The van der Waals surface area contributed by atoms with Gasteiger partial charge < -0.3 is 28.6 Å². The van der Waals surface area contributed by atoms with E-state index in [2.05, 4.69) is 0 Å². The highest BCUT2D eigenvalue weighted by Gasteiger charge is 2.33. The van der Waals surface area contributed by atoms with Crippen molar-refractivity contribution in [3.63, 3.8) is 0 Å². The molecule has 0 fully saturated rings.